The molecule has 19 heteroatoms. The third-order valence-corrected chi connectivity index (χ3v) is 16.4. The summed E-state index contributed by atoms with van der Waals surface area (Å²) >= 11 is 0. The summed E-state index contributed by atoms with van der Waals surface area (Å²) in [7, 11) is -0.936. The van der Waals surface area contributed by atoms with Crippen molar-refractivity contribution in [2.75, 3.05) is 23.9 Å². The Balaban J connectivity index is 1.20. The molecule has 6 N–H and O–H groups in total. The molecule has 1 spiro atoms. The van der Waals surface area contributed by atoms with E-state index in [1.54, 1.807) is 53.2 Å². The van der Waals surface area contributed by atoms with Crippen molar-refractivity contribution in [1.82, 2.24) is 15.0 Å². The Bertz CT molecular complexity index is 2190. The molecule has 0 bridgehead atoms. The van der Waals surface area contributed by atoms with E-state index in [0.717, 1.165) is 5.19 Å². The average Bonchev–Trinajstić information content (AvgIpc) is 3.87. The summed E-state index contributed by atoms with van der Waals surface area (Å²) in [4.78, 5) is 41.4. The lowest BCUT2D eigenvalue weighted by molar-refractivity contribution is -0.385. The molecule has 2 fully saturated rings. The lowest BCUT2D eigenvalue weighted by atomic mass is 9.82. The second-order valence-electron chi connectivity index (χ2n) is 15.8. The summed E-state index contributed by atoms with van der Waals surface area (Å²) in [5.74, 6) is -0.959. The van der Waals surface area contributed by atoms with Gasteiger partial charge in [0, 0.05) is 55.1 Å². The standard InChI is InChI=1S/C40H48N6O12Si/c1-22-36(59(3,4)28-12-10-27(56-2)11-13-28)31(15-17-44-21-25(16-18-47)42-43-44)58-40(22)29-19-26(46(54)55)9-14-30(29)45(39(40)53)20-23-5-7-24(8-6-23)41-37(51)35-33(49)32(48)34(50)38(52)57-35/h5-14,19,21-22,31-36,38,47-50,52H,15-18,20H2,1-4H3,(H,41,51)/t22-,31+,32-,33-,34+,35-,36-,38+,40+/m0/s1. The first-order chi connectivity index (χ1) is 28.1. The monoisotopic (exact) mass is 832 g/mol. The van der Waals surface area contributed by atoms with Crippen molar-refractivity contribution in [2.24, 2.45) is 5.92 Å². The summed E-state index contributed by atoms with van der Waals surface area (Å²) < 4.78 is 19.3. The highest BCUT2D eigenvalue weighted by Crippen LogP contribution is 2.60. The number of non-ortho nitro benzene ring substituents is 1. The molecule has 7 rings (SSSR count). The number of aromatic nitrogens is 3. The molecule has 3 aromatic carbocycles. The normalized spacial score (nSPS) is 27.9. The molecule has 9 atom stereocenters. The minimum Gasteiger partial charge on any atom is -0.497 e. The summed E-state index contributed by atoms with van der Waals surface area (Å²) in [6.07, 6.45) is -6.84. The number of nitrogens with one attached hydrogen (secondary N) is 1. The van der Waals surface area contributed by atoms with Gasteiger partial charge in [0.1, 0.15) is 24.1 Å². The van der Waals surface area contributed by atoms with Crippen molar-refractivity contribution in [3.63, 3.8) is 0 Å². The van der Waals surface area contributed by atoms with Crippen LogP contribution in [0.5, 0.6) is 5.75 Å². The minimum absolute atomic E-state index is 0.0532. The summed E-state index contributed by atoms with van der Waals surface area (Å²) in [6.45, 7) is 6.86. The number of amides is 2. The second kappa shape index (κ2) is 16.5. The summed E-state index contributed by atoms with van der Waals surface area (Å²) in [5, 5.41) is 73.6. The second-order valence-corrected chi connectivity index (χ2v) is 20.5. The van der Waals surface area contributed by atoms with Gasteiger partial charge in [0.15, 0.2) is 18.0 Å². The van der Waals surface area contributed by atoms with E-state index < -0.39 is 67.2 Å². The van der Waals surface area contributed by atoms with Gasteiger partial charge in [-0.25, -0.2) is 0 Å². The number of hydrogen-bond acceptors (Lipinski definition) is 14. The van der Waals surface area contributed by atoms with Crippen LogP contribution in [0, 0.1) is 16.0 Å². The fourth-order valence-corrected chi connectivity index (χ4v) is 13.0. The molecule has 0 unspecified atom stereocenters. The maximum absolute atomic E-state index is 15.2. The molecule has 0 saturated carbocycles. The molecule has 314 valence electrons. The van der Waals surface area contributed by atoms with Crippen LogP contribution in [-0.2, 0) is 44.2 Å². The van der Waals surface area contributed by atoms with Gasteiger partial charge < -0.3 is 50.0 Å². The number of aliphatic hydroxyl groups excluding tert-OH is 5. The van der Waals surface area contributed by atoms with Gasteiger partial charge >= 0.3 is 0 Å². The molecule has 3 aliphatic heterocycles. The summed E-state index contributed by atoms with van der Waals surface area (Å²) in [5.41, 5.74) is 0.544. The van der Waals surface area contributed by atoms with Gasteiger partial charge in [-0.15, -0.1) is 5.10 Å². The van der Waals surface area contributed by atoms with E-state index in [0.29, 0.717) is 47.6 Å². The fourth-order valence-electron chi connectivity index (χ4n) is 8.95. The van der Waals surface area contributed by atoms with Crippen molar-refractivity contribution < 1.29 is 54.3 Å². The van der Waals surface area contributed by atoms with Crippen molar-refractivity contribution in [3.05, 3.63) is 99.9 Å². The van der Waals surface area contributed by atoms with Gasteiger partial charge in [0.25, 0.3) is 17.5 Å². The molecule has 18 nitrogen and oxygen atoms in total. The van der Waals surface area contributed by atoms with E-state index in [4.69, 9.17) is 14.2 Å². The zero-order chi connectivity index (χ0) is 42.4. The van der Waals surface area contributed by atoms with Crippen molar-refractivity contribution in [3.8, 4) is 5.75 Å². The molecular formula is C40H48N6O12Si. The number of nitro benzene ring substituents is 1. The van der Waals surface area contributed by atoms with Gasteiger partial charge in [-0.1, -0.05) is 54.7 Å². The fraction of sp³-hybridized carbons (Fsp3) is 0.450. The van der Waals surface area contributed by atoms with Crippen LogP contribution in [0.4, 0.5) is 17.1 Å². The largest absolute Gasteiger partial charge is 0.497 e. The number of benzene rings is 3. The first-order valence-electron chi connectivity index (χ1n) is 19.3. The number of carbonyl (C=O) groups is 2. The van der Waals surface area contributed by atoms with Crippen molar-refractivity contribution in [1.29, 1.82) is 0 Å². The quantitative estimate of drug-likeness (QED) is 0.0632. The third-order valence-electron chi connectivity index (χ3n) is 12.0. The molecule has 1 aromatic heterocycles. The number of methoxy groups -OCH3 is 1. The number of anilines is 2. The number of aryl methyl sites for hydroxylation is 1. The highest BCUT2D eigenvalue weighted by molar-refractivity contribution is 6.91. The van der Waals surface area contributed by atoms with Gasteiger partial charge in [-0.05, 0) is 47.9 Å². The number of carbonyl (C=O) groups excluding carboxylic acids is 2. The van der Waals surface area contributed by atoms with Crippen LogP contribution in [0.15, 0.2) is 72.9 Å². The highest BCUT2D eigenvalue weighted by Gasteiger charge is 2.66. The maximum atomic E-state index is 15.2. The molecule has 0 radical (unpaired) electrons. The highest BCUT2D eigenvalue weighted by atomic mass is 28.3. The zero-order valence-electron chi connectivity index (χ0n) is 32.9. The Kier molecular flexibility index (Phi) is 11.7. The first kappa shape index (κ1) is 42.0. The molecule has 2 saturated heterocycles. The molecule has 4 aromatic rings. The molecule has 2 amide bonds. The maximum Gasteiger partial charge on any atom is 0.269 e. The predicted molar refractivity (Wildman–Crippen MR) is 213 cm³/mol. The summed E-state index contributed by atoms with van der Waals surface area (Å²) in [6, 6.07) is 18.8. The average molecular weight is 833 g/mol. The van der Waals surface area contributed by atoms with Crippen LogP contribution in [-0.4, -0.2) is 116 Å². The van der Waals surface area contributed by atoms with Gasteiger partial charge in [0.05, 0.1) is 44.1 Å². The zero-order valence-corrected chi connectivity index (χ0v) is 33.9. The SMILES string of the molecule is COc1ccc([Si](C)(C)[C@@H]2[C@@H](CCn3cc(CCO)nn3)O[C@]3(C(=O)N(Cc4ccc(NC(=O)[C@H]5O[C@@H](O)[C@H](O)[C@@H](O)[C@@H]5O)cc4)c4ccc([N+](=O)[O-])cc43)[C@H]2C)cc1. The van der Waals surface area contributed by atoms with Crippen molar-refractivity contribution in [2.45, 2.75) is 93.9 Å². The number of hydrogen-bond donors (Lipinski definition) is 6. The van der Waals surface area contributed by atoms with E-state index >= 15 is 4.79 Å². The Morgan fingerprint density at radius 2 is 1.75 bits per heavy atom. The molecule has 59 heavy (non-hydrogen) atoms. The Morgan fingerprint density at radius 1 is 1.03 bits per heavy atom. The van der Waals surface area contributed by atoms with Crippen LogP contribution in [0.3, 0.4) is 0 Å². The molecule has 4 heterocycles. The van der Waals surface area contributed by atoms with E-state index in [2.05, 4.69) is 28.7 Å². The number of rotatable bonds is 13. The van der Waals surface area contributed by atoms with Gasteiger partial charge in [-0.3, -0.25) is 24.4 Å². The molecule has 0 aliphatic carbocycles. The van der Waals surface area contributed by atoms with Crippen LogP contribution < -0.4 is 20.1 Å². The van der Waals surface area contributed by atoms with Crippen LogP contribution in [0.25, 0.3) is 0 Å². The Morgan fingerprint density at radius 3 is 2.41 bits per heavy atom. The smallest absolute Gasteiger partial charge is 0.269 e. The molecule has 3 aliphatic rings. The van der Waals surface area contributed by atoms with E-state index in [1.165, 1.54) is 12.1 Å². The third kappa shape index (κ3) is 7.64. The number of aliphatic hydroxyl groups is 5. The van der Waals surface area contributed by atoms with E-state index in [1.807, 2.05) is 31.2 Å². The van der Waals surface area contributed by atoms with Crippen LogP contribution in [0.2, 0.25) is 18.6 Å². The number of nitrogens with zero attached hydrogens (tertiary/aromatic N) is 5. The minimum atomic E-state index is -2.54. The topological polar surface area (TPSA) is 252 Å². The number of nitro groups is 1. The number of fused-ring (bicyclic) bond motifs is 2. The lowest BCUT2D eigenvalue weighted by Gasteiger charge is -2.37. The lowest BCUT2D eigenvalue weighted by Crippen LogP contribution is -2.60. The van der Waals surface area contributed by atoms with Crippen LogP contribution in [0.1, 0.15) is 30.2 Å². The predicted octanol–water partition coefficient (Wildman–Crippen LogP) is 1.32. The van der Waals surface area contributed by atoms with Gasteiger partial charge in [-0.2, -0.15) is 0 Å². The first-order valence-corrected chi connectivity index (χ1v) is 22.4. The van der Waals surface area contributed by atoms with Crippen LogP contribution >= 0.6 is 0 Å². The van der Waals surface area contributed by atoms with E-state index in [-0.39, 0.29) is 36.0 Å². The molecular weight excluding hydrogens is 785 g/mol. The van der Waals surface area contributed by atoms with Crippen molar-refractivity contribution >= 4 is 42.1 Å². The van der Waals surface area contributed by atoms with E-state index in [9.17, 15) is 40.4 Å². The Hall–Kier alpha value is -5.12. The number of ether oxygens (including phenoxy) is 3. The Labute approximate surface area is 340 Å². The van der Waals surface area contributed by atoms with Gasteiger partial charge in [0.2, 0.25) is 0 Å².